The first kappa shape index (κ1) is 11.0. The van der Waals surface area contributed by atoms with Crippen molar-refractivity contribution in [3.8, 4) is 0 Å². The Kier molecular flexibility index (Phi) is 2.55. The van der Waals surface area contributed by atoms with E-state index in [1.807, 2.05) is 6.07 Å². The first-order valence-corrected chi connectivity index (χ1v) is 5.46. The fraction of sp³-hybridized carbons (Fsp3) is 0.500. The third-order valence-corrected chi connectivity index (χ3v) is 3.34. The second kappa shape index (κ2) is 3.49. The molecule has 1 saturated carbocycles. The highest BCUT2D eigenvalue weighted by Gasteiger charge is 2.56. The first-order chi connectivity index (χ1) is 6.97. The molecule has 2 rings (SSSR count). The van der Waals surface area contributed by atoms with Crippen molar-refractivity contribution < 1.29 is 8.78 Å². The van der Waals surface area contributed by atoms with Crippen LogP contribution in [-0.2, 0) is 5.41 Å². The highest BCUT2D eigenvalue weighted by Crippen LogP contribution is 2.52. The molecule has 0 saturated heterocycles. The number of alkyl halides is 2. The molecule has 0 unspecified atom stereocenters. The van der Waals surface area contributed by atoms with Crippen LogP contribution in [0.15, 0.2) is 22.9 Å². The minimum Gasteiger partial charge on any atom is -0.330 e. The number of pyridine rings is 1. The van der Waals surface area contributed by atoms with Gasteiger partial charge in [0.1, 0.15) is 0 Å². The molecule has 82 valence electrons. The van der Waals surface area contributed by atoms with Crippen LogP contribution in [0.25, 0.3) is 0 Å². The molecule has 1 aromatic heterocycles. The lowest BCUT2D eigenvalue weighted by Crippen LogP contribution is -2.53. The van der Waals surface area contributed by atoms with E-state index < -0.39 is 11.3 Å². The summed E-state index contributed by atoms with van der Waals surface area (Å²) in [6.07, 6.45) is 2.90. The number of hydrogen-bond acceptors (Lipinski definition) is 2. The fourth-order valence-corrected chi connectivity index (χ4v) is 2.47. The predicted octanol–water partition coefficient (Wildman–Crippen LogP) is 2.47. The van der Waals surface area contributed by atoms with E-state index in [-0.39, 0.29) is 19.4 Å². The van der Waals surface area contributed by atoms with Gasteiger partial charge in [0, 0.05) is 41.7 Å². The van der Waals surface area contributed by atoms with E-state index in [0.29, 0.717) is 0 Å². The SMILES string of the molecule is NCC1(c2cncc(Br)c2)CC(F)(F)C1. The van der Waals surface area contributed by atoms with Gasteiger partial charge in [0.25, 0.3) is 0 Å². The molecule has 0 spiro atoms. The molecule has 0 aromatic carbocycles. The maximum atomic E-state index is 12.9. The average Bonchev–Trinajstić information content (AvgIpc) is 2.13. The van der Waals surface area contributed by atoms with Gasteiger partial charge in [0.2, 0.25) is 5.92 Å². The number of rotatable bonds is 2. The Bertz CT molecular complexity index is 373. The summed E-state index contributed by atoms with van der Waals surface area (Å²) in [7, 11) is 0. The van der Waals surface area contributed by atoms with Crippen molar-refractivity contribution in [2.45, 2.75) is 24.2 Å². The van der Waals surface area contributed by atoms with Gasteiger partial charge in [-0.15, -0.1) is 0 Å². The normalized spacial score (nSPS) is 22.1. The molecule has 0 aliphatic heterocycles. The van der Waals surface area contributed by atoms with Crippen LogP contribution in [0.2, 0.25) is 0 Å². The molecule has 1 aliphatic rings. The third-order valence-electron chi connectivity index (χ3n) is 2.90. The molecular formula is C10H11BrF2N2. The van der Waals surface area contributed by atoms with E-state index in [1.165, 1.54) is 0 Å². The number of nitrogens with zero attached hydrogens (tertiary/aromatic N) is 1. The van der Waals surface area contributed by atoms with Gasteiger partial charge in [-0.2, -0.15) is 0 Å². The Morgan fingerprint density at radius 1 is 1.40 bits per heavy atom. The molecule has 0 atom stereocenters. The van der Waals surface area contributed by atoms with E-state index >= 15 is 0 Å². The van der Waals surface area contributed by atoms with Gasteiger partial charge in [0.15, 0.2) is 0 Å². The van der Waals surface area contributed by atoms with Gasteiger partial charge < -0.3 is 5.73 Å². The van der Waals surface area contributed by atoms with Crippen LogP contribution in [0.5, 0.6) is 0 Å². The molecule has 1 fully saturated rings. The van der Waals surface area contributed by atoms with Crippen molar-refractivity contribution in [1.82, 2.24) is 4.98 Å². The van der Waals surface area contributed by atoms with Gasteiger partial charge in [-0.25, -0.2) is 8.78 Å². The highest BCUT2D eigenvalue weighted by molar-refractivity contribution is 9.10. The number of hydrogen-bond donors (Lipinski definition) is 1. The van der Waals surface area contributed by atoms with Gasteiger partial charge >= 0.3 is 0 Å². The molecule has 5 heteroatoms. The summed E-state index contributed by atoms with van der Waals surface area (Å²) in [5.41, 5.74) is 5.81. The Morgan fingerprint density at radius 3 is 2.53 bits per heavy atom. The number of nitrogens with two attached hydrogens (primary N) is 1. The third kappa shape index (κ3) is 1.90. The van der Waals surface area contributed by atoms with Crippen LogP contribution in [0.4, 0.5) is 8.78 Å². The van der Waals surface area contributed by atoms with Crippen LogP contribution in [0.3, 0.4) is 0 Å². The Morgan fingerprint density at radius 2 is 2.07 bits per heavy atom. The van der Waals surface area contributed by atoms with Crippen LogP contribution in [0.1, 0.15) is 18.4 Å². The van der Waals surface area contributed by atoms with E-state index in [2.05, 4.69) is 20.9 Å². The van der Waals surface area contributed by atoms with Crippen molar-refractivity contribution in [1.29, 1.82) is 0 Å². The minimum absolute atomic E-state index is 0.172. The molecule has 2 nitrogen and oxygen atoms in total. The summed E-state index contributed by atoms with van der Waals surface area (Å²) < 4.78 is 26.6. The zero-order valence-corrected chi connectivity index (χ0v) is 9.60. The second-order valence-corrected chi connectivity index (χ2v) is 5.00. The highest BCUT2D eigenvalue weighted by atomic mass is 79.9. The van der Waals surface area contributed by atoms with Crippen LogP contribution in [0, 0.1) is 0 Å². The monoisotopic (exact) mass is 276 g/mol. The van der Waals surface area contributed by atoms with Crippen molar-refractivity contribution in [2.75, 3.05) is 6.54 Å². The lowest BCUT2D eigenvalue weighted by molar-refractivity contribution is -0.123. The van der Waals surface area contributed by atoms with Crippen LogP contribution in [-0.4, -0.2) is 17.5 Å². The maximum Gasteiger partial charge on any atom is 0.250 e. The maximum absolute atomic E-state index is 12.9. The lowest BCUT2D eigenvalue weighted by atomic mass is 9.62. The fourth-order valence-electron chi connectivity index (χ4n) is 2.11. The van der Waals surface area contributed by atoms with E-state index in [9.17, 15) is 8.78 Å². The van der Waals surface area contributed by atoms with Crippen molar-refractivity contribution in [2.24, 2.45) is 5.73 Å². The average molecular weight is 277 g/mol. The predicted molar refractivity (Wildman–Crippen MR) is 56.9 cm³/mol. The standard InChI is InChI=1S/C10H11BrF2N2/c11-8-1-7(2-15-3-8)9(6-14)4-10(12,13)5-9/h1-3H,4-6,14H2. The van der Waals surface area contributed by atoms with Crippen LogP contribution >= 0.6 is 15.9 Å². The molecule has 2 N–H and O–H groups in total. The van der Waals surface area contributed by atoms with Gasteiger partial charge in [-0.05, 0) is 27.6 Å². The zero-order valence-electron chi connectivity index (χ0n) is 8.01. The molecule has 1 aliphatic carbocycles. The second-order valence-electron chi connectivity index (χ2n) is 4.09. The first-order valence-electron chi connectivity index (χ1n) is 4.66. The molecule has 15 heavy (non-hydrogen) atoms. The smallest absolute Gasteiger partial charge is 0.250 e. The van der Waals surface area contributed by atoms with Crippen molar-refractivity contribution in [3.63, 3.8) is 0 Å². The largest absolute Gasteiger partial charge is 0.330 e. The number of aromatic nitrogens is 1. The number of halogens is 3. The van der Waals surface area contributed by atoms with Crippen molar-refractivity contribution >= 4 is 15.9 Å². The summed E-state index contributed by atoms with van der Waals surface area (Å²) in [5.74, 6) is -2.57. The summed E-state index contributed by atoms with van der Waals surface area (Å²) in [5, 5.41) is 0. The lowest BCUT2D eigenvalue weighted by Gasteiger charge is -2.47. The van der Waals surface area contributed by atoms with E-state index in [0.717, 1.165) is 10.0 Å². The van der Waals surface area contributed by atoms with Gasteiger partial charge in [0.05, 0.1) is 0 Å². The van der Waals surface area contributed by atoms with E-state index in [1.54, 1.807) is 12.4 Å². The van der Waals surface area contributed by atoms with Crippen LogP contribution < -0.4 is 5.73 Å². The quantitative estimate of drug-likeness (QED) is 0.901. The molecule has 1 heterocycles. The van der Waals surface area contributed by atoms with Gasteiger partial charge in [-0.3, -0.25) is 4.98 Å². The van der Waals surface area contributed by atoms with E-state index in [4.69, 9.17) is 5.73 Å². The summed E-state index contributed by atoms with van der Waals surface area (Å²) in [6, 6.07) is 1.81. The molecule has 0 bridgehead atoms. The Balaban J connectivity index is 2.29. The van der Waals surface area contributed by atoms with Crippen molar-refractivity contribution in [3.05, 3.63) is 28.5 Å². The molecule has 0 amide bonds. The Hall–Kier alpha value is -0.550. The zero-order chi connectivity index (χ0) is 11.1. The topological polar surface area (TPSA) is 38.9 Å². The van der Waals surface area contributed by atoms with Gasteiger partial charge in [-0.1, -0.05) is 0 Å². The molecular weight excluding hydrogens is 266 g/mol. The summed E-state index contributed by atoms with van der Waals surface area (Å²) in [6.45, 7) is 0.237. The summed E-state index contributed by atoms with van der Waals surface area (Å²) in [4.78, 5) is 3.98. The Labute approximate surface area is 95.0 Å². The minimum atomic E-state index is -2.57. The summed E-state index contributed by atoms with van der Waals surface area (Å²) >= 11 is 3.27. The molecule has 1 aromatic rings. The molecule has 0 radical (unpaired) electrons.